The highest BCUT2D eigenvalue weighted by atomic mass is 35.5. The van der Waals surface area contributed by atoms with E-state index in [1.54, 1.807) is 14.1 Å². The average Bonchev–Trinajstić information content (AvgIpc) is 1.86. The number of carbonyl (C=O) groups is 1. The first kappa shape index (κ1) is 13.8. The third-order valence-electron chi connectivity index (χ3n) is 1.47. The summed E-state index contributed by atoms with van der Waals surface area (Å²) in [5.41, 5.74) is 0. The second-order valence-corrected chi connectivity index (χ2v) is 3.00. The molecule has 0 atom stereocenters. The van der Waals surface area contributed by atoms with Crippen molar-refractivity contribution in [3.8, 4) is 0 Å². The lowest BCUT2D eigenvalue weighted by Gasteiger charge is -2.24. The highest BCUT2D eigenvalue weighted by Crippen LogP contribution is 1.98. The van der Waals surface area contributed by atoms with E-state index in [2.05, 4.69) is 12.6 Å². The summed E-state index contributed by atoms with van der Waals surface area (Å²) in [7, 11) is 3.52. The van der Waals surface area contributed by atoms with Crippen LogP contribution in [0.4, 0.5) is 0 Å². The number of carbonyl (C=O) groups excluding carboxylic acids is 1. The maximum absolute atomic E-state index is 11.0. The van der Waals surface area contributed by atoms with E-state index in [0.717, 1.165) is 0 Å². The minimum atomic E-state index is 0. The summed E-state index contributed by atoms with van der Waals surface area (Å²) in [5, 5.41) is 8.55. The molecular formula is C6H14ClNO2S. The third-order valence-corrected chi connectivity index (χ3v) is 1.74. The second-order valence-electron chi connectivity index (χ2n) is 2.68. The van der Waals surface area contributed by atoms with Crippen LogP contribution in [0.5, 0.6) is 0 Å². The molecule has 0 heterocycles. The van der Waals surface area contributed by atoms with Gasteiger partial charge < -0.3 is 17.5 Å². The summed E-state index contributed by atoms with van der Waals surface area (Å²) in [4.78, 5) is 11.0. The van der Waals surface area contributed by atoms with E-state index in [4.69, 9.17) is 5.11 Å². The van der Waals surface area contributed by atoms with E-state index in [1.165, 1.54) is 0 Å². The lowest BCUT2D eigenvalue weighted by molar-refractivity contribution is -0.813. The van der Waals surface area contributed by atoms with Crippen LogP contribution in [0.1, 0.15) is 0 Å². The van der Waals surface area contributed by atoms with Gasteiger partial charge in [-0.1, -0.05) is 0 Å². The van der Waals surface area contributed by atoms with Crippen LogP contribution in [0.25, 0.3) is 0 Å². The highest BCUT2D eigenvalue weighted by Gasteiger charge is 2.23. The number of hydrogen-bond donors (Lipinski definition) is 2. The molecule has 0 aliphatic heterocycles. The number of hydrogen-bond acceptors (Lipinski definition) is 3. The molecule has 0 aliphatic carbocycles. The average molecular weight is 200 g/mol. The van der Waals surface area contributed by atoms with Gasteiger partial charge in [0.05, 0.1) is 20.7 Å². The fraction of sp³-hybridized carbons (Fsp3) is 0.833. The molecule has 0 rings (SSSR count). The lowest BCUT2D eigenvalue weighted by atomic mass is 10.4. The number of halogens is 1. The van der Waals surface area contributed by atoms with Crippen LogP contribution in [0, 0.1) is 0 Å². The summed E-state index contributed by atoms with van der Waals surface area (Å²) >= 11 is 3.85. The van der Waals surface area contributed by atoms with E-state index in [9.17, 15) is 4.79 Å². The van der Waals surface area contributed by atoms with Crippen molar-refractivity contribution in [2.24, 2.45) is 0 Å². The van der Waals surface area contributed by atoms with Gasteiger partial charge in [0, 0.05) is 0 Å². The molecule has 11 heavy (non-hydrogen) atoms. The van der Waals surface area contributed by atoms with E-state index in [1.807, 2.05) is 0 Å². The van der Waals surface area contributed by atoms with Crippen molar-refractivity contribution >= 4 is 18.5 Å². The van der Waals surface area contributed by atoms with Gasteiger partial charge in [-0.2, -0.15) is 12.6 Å². The van der Waals surface area contributed by atoms with Gasteiger partial charge in [-0.3, -0.25) is 4.48 Å². The zero-order valence-corrected chi connectivity index (χ0v) is 8.40. The molecule has 68 valence electrons. The number of likely N-dealkylation sites (N-methyl/N-ethyl adjacent to an activating group) is 1. The SMILES string of the molecule is C[N+](C)(CCO)C(=O)CS.[Cl-]. The van der Waals surface area contributed by atoms with Crippen LogP contribution in [-0.4, -0.2) is 48.5 Å². The van der Waals surface area contributed by atoms with Crippen molar-refractivity contribution in [3.05, 3.63) is 0 Å². The highest BCUT2D eigenvalue weighted by molar-refractivity contribution is 7.81. The molecule has 1 amide bonds. The Balaban J connectivity index is 0. The lowest BCUT2D eigenvalue weighted by Crippen LogP contribution is -3.00. The molecule has 0 aromatic rings. The van der Waals surface area contributed by atoms with Crippen molar-refractivity contribution in [2.45, 2.75) is 0 Å². The molecule has 0 fully saturated rings. The molecule has 0 saturated carbocycles. The van der Waals surface area contributed by atoms with Crippen molar-refractivity contribution in [3.63, 3.8) is 0 Å². The minimum absolute atomic E-state index is 0. The second kappa shape index (κ2) is 5.83. The Hall–Kier alpha value is 0.230. The van der Waals surface area contributed by atoms with Crippen molar-refractivity contribution in [1.82, 2.24) is 0 Å². The molecule has 3 nitrogen and oxygen atoms in total. The van der Waals surface area contributed by atoms with Gasteiger partial charge in [-0.25, -0.2) is 4.79 Å². The van der Waals surface area contributed by atoms with Crippen molar-refractivity contribution in [2.75, 3.05) is 33.0 Å². The van der Waals surface area contributed by atoms with Crippen LogP contribution in [0.2, 0.25) is 0 Å². The maximum Gasteiger partial charge on any atom is 0.323 e. The van der Waals surface area contributed by atoms with Gasteiger partial charge in [-0.05, 0) is 0 Å². The molecule has 0 unspecified atom stereocenters. The van der Waals surface area contributed by atoms with Gasteiger partial charge in [0.1, 0.15) is 12.3 Å². The van der Waals surface area contributed by atoms with E-state index in [0.29, 0.717) is 6.54 Å². The van der Waals surface area contributed by atoms with E-state index < -0.39 is 0 Å². The topological polar surface area (TPSA) is 37.3 Å². The molecule has 0 aliphatic rings. The van der Waals surface area contributed by atoms with Gasteiger partial charge in [0.15, 0.2) is 0 Å². The molecule has 5 heteroatoms. The maximum atomic E-state index is 11.0. The minimum Gasteiger partial charge on any atom is -1.00 e. The van der Waals surface area contributed by atoms with E-state index in [-0.39, 0.29) is 35.2 Å². The smallest absolute Gasteiger partial charge is 0.323 e. The largest absolute Gasteiger partial charge is 1.00 e. The Labute approximate surface area is 78.8 Å². The number of aliphatic hydroxyl groups is 1. The first-order valence-corrected chi connectivity index (χ1v) is 3.76. The van der Waals surface area contributed by atoms with Crippen molar-refractivity contribution in [1.29, 1.82) is 0 Å². The molecule has 0 bridgehead atoms. The number of aliphatic hydroxyl groups excluding tert-OH is 1. The number of rotatable bonds is 3. The summed E-state index contributed by atoms with van der Waals surface area (Å²) in [5.74, 6) is 0.255. The Morgan fingerprint density at radius 1 is 1.55 bits per heavy atom. The summed E-state index contributed by atoms with van der Waals surface area (Å²) < 4.78 is 0.208. The van der Waals surface area contributed by atoms with Crippen molar-refractivity contribution < 1.29 is 26.8 Å². The molecule has 0 aromatic heterocycles. The first-order chi connectivity index (χ1) is 4.54. The van der Waals surface area contributed by atoms with Crippen LogP contribution >= 0.6 is 12.6 Å². The fourth-order valence-electron chi connectivity index (χ4n) is 0.566. The molecule has 0 spiro atoms. The number of amides is 1. The van der Waals surface area contributed by atoms with Crippen LogP contribution in [0.15, 0.2) is 0 Å². The van der Waals surface area contributed by atoms with Crippen LogP contribution in [0.3, 0.4) is 0 Å². The summed E-state index contributed by atoms with van der Waals surface area (Å²) in [6, 6.07) is 0. The number of nitrogens with zero attached hydrogens (tertiary/aromatic N) is 1. The van der Waals surface area contributed by atoms with E-state index >= 15 is 0 Å². The monoisotopic (exact) mass is 199 g/mol. The molecule has 0 aromatic carbocycles. The molecule has 0 saturated heterocycles. The predicted molar refractivity (Wildman–Crippen MR) is 42.9 cm³/mol. The number of quaternary nitrogens is 1. The fourth-order valence-corrected chi connectivity index (χ4v) is 0.949. The number of thiol groups is 1. The van der Waals surface area contributed by atoms with Gasteiger partial charge in [0.25, 0.3) is 0 Å². The summed E-state index contributed by atoms with van der Waals surface area (Å²) in [6.07, 6.45) is 0. The first-order valence-electron chi connectivity index (χ1n) is 3.12. The molecule has 0 radical (unpaired) electrons. The quantitative estimate of drug-likeness (QED) is 0.366. The Morgan fingerprint density at radius 2 is 2.00 bits per heavy atom. The summed E-state index contributed by atoms with van der Waals surface area (Å²) in [6.45, 7) is 0.492. The van der Waals surface area contributed by atoms with Gasteiger partial charge >= 0.3 is 5.91 Å². The Morgan fingerprint density at radius 3 is 2.27 bits per heavy atom. The standard InChI is InChI=1S/C6H13NO2S.ClH/c1-7(2,3-4-8)6(9)5-10;/h8H,3-5H2,1-2H3;1H. The van der Waals surface area contributed by atoms with Gasteiger partial charge in [-0.15, -0.1) is 0 Å². The molecular weight excluding hydrogens is 186 g/mol. The third kappa shape index (κ3) is 4.63. The van der Waals surface area contributed by atoms with Crippen LogP contribution in [-0.2, 0) is 4.79 Å². The Kier molecular flexibility index (Phi) is 7.31. The predicted octanol–water partition coefficient (Wildman–Crippen LogP) is -3.48. The molecule has 1 N–H and O–H groups in total. The van der Waals surface area contributed by atoms with Crippen LogP contribution < -0.4 is 12.4 Å². The normalized spacial score (nSPS) is 10.5. The Bertz CT molecular complexity index is 130. The zero-order valence-electron chi connectivity index (χ0n) is 6.75. The zero-order chi connectivity index (χ0) is 8.20. The van der Waals surface area contributed by atoms with Gasteiger partial charge in [0.2, 0.25) is 0 Å².